The fourth-order valence-corrected chi connectivity index (χ4v) is 1.80. The van der Waals surface area contributed by atoms with Gasteiger partial charge in [-0.1, -0.05) is 18.2 Å². The fourth-order valence-electron chi connectivity index (χ4n) is 1.17. The van der Waals surface area contributed by atoms with E-state index in [4.69, 9.17) is 11.5 Å². The second-order valence-electron chi connectivity index (χ2n) is 3.75. The zero-order valence-electron chi connectivity index (χ0n) is 10.1. The number of nitrogen functional groups attached to an aromatic ring is 2. The molecule has 0 aromatic heterocycles. The van der Waals surface area contributed by atoms with Gasteiger partial charge >= 0.3 is 0 Å². The van der Waals surface area contributed by atoms with Crippen LogP contribution in [-0.2, 0) is 9.84 Å². The molecule has 0 fully saturated rings. The summed E-state index contributed by atoms with van der Waals surface area (Å²) in [4.78, 5) is 0.298. The van der Waals surface area contributed by atoms with E-state index in [9.17, 15) is 8.42 Å². The minimum absolute atomic E-state index is 0.298. The molecule has 18 heavy (non-hydrogen) atoms. The van der Waals surface area contributed by atoms with E-state index in [1.54, 1.807) is 12.1 Å². The molecule has 2 rings (SSSR count). The van der Waals surface area contributed by atoms with Crippen LogP contribution < -0.4 is 11.5 Å². The highest BCUT2D eigenvalue weighted by atomic mass is 32.2. The van der Waals surface area contributed by atoms with Gasteiger partial charge in [-0.15, -0.1) is 0 Å². The lowest BCUT2D eigenvalue weighted by Gasteiger charge is -1.96. The van der Waals surface area contributed by atoms with Crippen molar-refractivity contribution in [2.24, 2.45) is 0 Å². The molecule has 0 heterocycles. The summed E-state index contributed by atoms with van der Waals surface area (Å²) in [5.74, 6) is 0. The summed E-state index contributed by atoms with van der Waals surface area (Å²) in [6.45, 7) is 0. The smallest absolute Gasteiger partial charge is 0.175 e. The Balaban J connectivity index is 0.000000199. The average Bonchev–Trinajstić information content (AvgIpc) is 2.30. The lowest BCUT2D eigenvalue weighted by molar-refractivity contribution is 0.602. The van der Waals surface area contributed by atoms with Crippen molar-refractivity contribution in [2.45, 2.75) is 4.90 Å². The standard InChI is InChI=1S/C7H9NO2S.C6H7N/c1-11(9,10)7-4-2-6(8)3-5-7;7-6-4-2-1-3-5-6/h2-5H,8H2,1H3;1-5H,7H2. The van der Waals surface area contributed by atoms with Crippen molar-refractivity contribution >= 4 is 21.2 Å². The number of nitrogens with two attached hydrogens (primary N) is 2. The first-order valence-electron chi connectivity index (χ1n) is 5.26. The molecule has 4 N–H and O–H groups in total. The molecule has 0 atom stereocenters. The number of para-hydroxylation sites is 1. The molecule has 0 saturated heterocycles. The third kappa shape index (κ3) is 4.88. The zero-order valence-corrected chi connectivity index (χ0v) is 10.9. The highest BCUT2D eigenvalue weighted by molar-refractivity contribution is 7.90. The van der Waals surface area contributed by atoms with Crippen LogP contribution in [0, 0.1) is 0 Å². The highest BCUT2D eigenvalue weighted by Gasteiger charge is 2.04. The summed E-state index contributed by atoms with van der Waals surface area (Å²) < 4.78 is 21.8. The van der Waals surface area contributed by atoms with Crippen molar-refractivity contribution in [2.75, 3.05) is 17.7 Å². The predicted octanol–water partition coefficient (Wildman–Crippen LogP) is 1.94. The molecular weight excluding hydrogens is 248 g/mol. The number of rotatable bonds is 1. The Labute approximate surface area is 107 Å². The number of hydrogen-bond donors (Lipinski definition) is 2. The van der Waals surface area contributed by atoms with E-state index >= 15 is 0 Å². The second kappa shape index (κ2) is 6.07. The van der Waals surface area contributed by atoms with E-state index in [0.717, 1.165) is 5.69 Å². The fraction of sp³-hybridized carbons (Fsp3) is 0.0769. The molecular formula is C13H16N2O2S. The molecule has 0 bridgehead atoms. The van der Waals surface area contributed by atoms with E-state index in [2.05, 4.69) is 0 Å². The highest BCUT2D eigenvalue weighted by Crippen LogP contribution is 2.10. The third-order valence-electron chi connectivity index (χ3n) is 2.11. The molecule has 0 radical (unpaired) electrons. The van der Waals surface area contributed by atoms with E-state index in [-0.39, 0.29) is 0 Å². The van der Waals surface area contributed by atoms with Crippen molar-refractivity contribution in [1.82, 2.24) is 0 Å². The van der Waals surface area contributed by atoms with Crippen LogP contribution in [0.25, 0.3) is 0 Å². The number of hydrogen-bond acceptors (Lipinski definition) is 4. The van der Waals surface area contributed by atoms with E-state index in [1.807, 2.05) is 30.3 Å². The Hall–Kier alpha value is -2.01. The molecule has 0 spiro atoms. The van der Waals surface area contributed by atoms with Crippen LogP contribution in [0.15, 0.2) is 59.5 Å². The summed E-state index contributed by atoms with van der Waals surface area (Å²) in [6, 6.07) is 15.6. The predicted molar refractivity (Wildman–Crippen MR) is 74.8 cm³/mol. The summed E-state index contributed by atoms with van der Waals surface area (Å²) in [5.41, 5.74) is 12.1. The average molecular weight is 264 g/mol. The van der Waals surface area contributed by atoms with Gasteiger partial charge in [0.25, 0.3) is 0 Å². The molecule has 0 aliphatic rings. The number of anilines is 2. The molecule has 0 aliphatic heterocycles. The first-order valence-corrected chi connectivity index (χ1v) is 7.15. The lowest BCUT2D eigenvalue weighted by atomic mass is 10.3. The molecule has 96 valence electrons. The zero-order chi connectivity index (χ0) is 13.6. The largest absolute Gasteiger partial charge is 0.399 e. The molecule has 0 unspecified atom stereocenters. The topological polar surface area (TPSA) is 86.2 Å². The van der Waals surface area contributed by atoms with Crippen LogP contribution in [0.5, 0.6) is 0 Å². The van der Waals surface area contributed by atoms with Crippen LogP contribution in [0.4, 0.5) is 11.4 Å². The van der Waals surface area contributed by atoms with Crippen LogP contribution in [0.2, 0.25) is 0 Å². The Morgan fingerprint density at radius 1 is 0.778 bits per heavy atom. The van der Waals surface area contributed by atoms with Gasteiger partial charge < -0.3 is 11.5 Å². The van der Waals surface area contributed by atoms with Gasteiger partial charge in [0.05, 0.1) is 4.90 Å². The van der Waals surface area contributed by atoms with Crippen molar-refractivity contribution in [3.63, 3.8) is 0 Å². The Bertz CT molecular complexity index is 578. The van der Waals surface area contributed by atoms with Crippen molar-refractivity contribution in [3.05, 3.63) is 54.6 Å². The normalized spacial score (nSPS) is 10.3. The maximum Gasteiger partial charge on any atom is 0.175 e. The second-order valence-corrected chi connectivity index (χ2v) is 5.77. The number of sulfone groups is 1. The maximum atomic E-state index is 10.9. The Morgan fingerprint density at radius 3 is 1.56 bits per heavy atom. The lowest BCUT2D eigenvalue weighted by Crippen LogP contribution is -1.96. The molecule has 2 aromatic carbocycles. The van der Waals surface area contributed by atoms with Gasteiger partial charge in [0.2, 0.25) is 0 Å². The molecule has 0 saturated carbocycles. The van der Waals surface area contributed by atoms with Crippen LogP contribution in [-0.4, -0.2) is 14.7 Å². The summed E-state index contributed by atoms with van der Waals surface area (Å²) in [7, 11) is -3.08. The number of benzene rings is 2. The van der Waals surface area contributed by atoms with Gasteiger partial charge in [0.15, 0.2) is 9.84 Å². The van der Waals surface area contributed by atoms with Gasteiger partial charge in [0.1, 0.15) is 0 Å². The van der Waals surface area contributed by atoms with E-state index in [1.165, 1.54) is 18.4 Å². The monoisotopic (exact) mass is 264 g/mol. The van der Waals surface area contributed by atoms with Crippen molar-refractivity contribution < 1.29 is 8.42 Å². The summed E-state index contributed by atoms with van der Waals surface area (Å²) in [5, 5.41) is 0. The molecule has 4 nitrogen and oxygen atoms in total. The first-order chi connectivity index (χ1) is 8.39. The van der Waals surface area contributed by atoms with Crippen molar-refractivity contribution in [1.29, 1.82) is 0 Å². The minimum atomic E-state index is -3.08. The Morgan fingerprint density at radius 2 is 1.22 bits per heavy atom. The van der Waals surface area contributed by atoms with E-state index in [0.29, 0.717) is 10.6 Å². The third-order valence-corrected chi connectivity index (χ3v) is 3.24. The van der Waals surface area contributed by atoms with Crippen LogP contribution in [0.3, 0.4) is 0 Å². The summed E-state index contributed by atoms with van der Waals surface area (Å²) >= 11 is 0. The molecule has 0 amide bonds. The quantitative estimate of drug-likeness (QED) is 0.771. The van der Waals surface area contributed by atoms with E-state index < -0.39 is 9.84 Å². The Kier molecular flexibility index (Phi) is 4.74. The summed E-state index contributed by atoms with van der Waals surface area (Å²) in [6.07, 6.45) is 1.17. The molecule has 2 aromatic rings. The minimum Gasteiger partial charge on any atom is -0.399 e. The SMILES string of the molecule is CS(=O)(=O)c1ccc(N)cc1.Nc1ccccc1. The van der Waals surface area contributed by atoms with Gasteiger partial charge in [-0.2, -0.15) is 0 Å². The molecule has 5 heteroatoms. The van der Waals surface area contributed by atoms with Gasteiger partial charge in [0, 0.05) is 17.6 Å². The van der Waals surface area contributed by atoms with Gasteiger partial charge in [-0.25, -0.2) is 8.42 Å². The van der Waals surface area contributed by atoms with Gasteiger partial charge in [-0.3, -0.25) is 0 Å². The van der Waals surface area contributed by atoms with Crippen LogP contribution in [0.1, 0.15) is 0 Å². The van der Waals surface area contributed by atoms with Crippen molar-refractivity contribution in [3.8, 4) is 0 Å². The van der Waals surface area contributed by atoms with Crippen LogP contribution >= 0.6 is 0 Å². The molecule has 0 aliphatic carbocycles. The first kappa shape index (κ1) is 14.1. The van der Waals surface area contributed by atoms with Gasteiger partial charge in [-0.05, 0) is 36.4 Å². The maximum absolute atomic E-state index is 10.9.